The largest absolute Gasteiger partial charge is 0.362 e. The first-order valence-electron chi connectivity index (χ1n) is 7.83. The molecule has 2 rings (SSSR count). The van der Waals surface area contributed by atoms with Gasteiger partial charge in [-0.1, -0.05) is 42.5 Å². The molecule has 0 bridgehead atoms. The second kappa shape index (κ2) is 8.84. The zero-order valence-electron chi connectivity index (χ0n) is 13.9. The first-order valence-corrected chi connectivity index (χ1v) is 7.83. The Kier molecular flexibility index (Phi) is 6.51. The Morgan fingerprint density at radius 3 is 2.42 bits per heavy atom. The Morgan fingerprint density at radius 2 is 1.71 bits per heavy atom. The van der Waals surface area contributed by atoms with Crippen LogP contribution in [0.25, 0.3) is 0 Å². The minimum Gasteiger partial charge on any atom is -0.362 e. The summed E-state index contributed by atoms with van der Waals surface area (Å²) in [6, 6.07) is 17.0. The van der Waals surface area contributed by atoms with E-state index in [9.17, 15) is 9.59 Å². The van der Waals surface area contributed by atoms with Gasteiger partial charge in [-0.2, -0.15) is 0 Å². The van der Waals surface area contributed by atoms with E-state index in [1.807, 2.05) is 62.4 Å². The Labute approximate surface area is 142 Å². The molecule has 1 atom stereocenters. The van der Waals surface area contributed by atoms with Crippen LogP contribution in [-0.4, -0.2) is 25.0 Å². The van der Waals surface area contributed by atoms with Gasteiger partial charge in [0.25, 0.3) is 0 Å². The summed E-state index contributed by atoms with van der Waals surface area (Å²) in [6.07, 6.45) is 0. The smallest absolute Gasteiger partial charge is 0.250 e. The van der Waals surface area contributed by atoms with E-state index in [1.54, 1.807) is 6.07 Å². The van der Waals surface area contributed by atoms with Crippen molar-refractivity contribution in [2.75, 3.05) is 18.5 Å². The Morgan fingerprint density at radius 1 is 1.00 bits per heavy atom. The average Bonchev–Trinajstić information content (AvgIpc) is 2.55. The molecule has 2 amide bonds. The van der Waals surface area contributed by atoms with E-state index in [4.69, 9.17) is 4.74 Å². The van der Waals surface area contributed by atoms with Gasteiger partial charge >= 0.3 is 0 Å². The summed E-state index contributed by atoms with van der Waals surface area (Å²) in [6.45, 7) is 3.53. The quantitative estimate of drug-likeness (QED) is 0.822. The zero-order valence-corrected chi connectivity index (χ0v) is 13.9. The summed E-state index contributed by atoms with van der Waals surface area (Å²) < 4.78 is 5.17. The minimum absolute atomic E-state index is 0.108. The van der Waals surface area contributed by atoms with Crippen LogP contribution in [0, 0.1) is 6.92 Å². The summed E-state index contributed by atoms with van der Waals surface area (Å²) in [5.41, 5.74) is 2.79. The van der Waals surface area contributed by atoms with Gasteiger partial charge in [0.15, 0.2) is 0 Å². The molecule has 0 heterocycles. The molecule has 0 aliphatic carbocycles. The molecule has 0 aliphatic heterocycles. The van der Waals surface area contributed by atoms with Crippen LogP contribution in [0.2, 0.25) is 0 Å². The molecule has 24 heavy (non-hydrogen) atoms. The van der Waals surface area contributed by atoms with Gasteiger partial charge in [0, 0.05) is 5.69 Å². The first-order chi connectivity index (χ1) is 11.5. The fourth-order valence-corrected chi connectivity index (χ4v) is 2.26. The summed E-state index contributed by atoms with van der Waals surface area (Å²) in [5, 5.41) is 5.56. The maximum Gasteiger partial charge on any atom is 0.250 e. The molecule has 126 valence electrons. The fraction of sp³-hybridized carbons (Fsp3) is 0.263. The maximum atomic E-state index is 11.8. The van der Waals surface area contributed by atoms with E-state index in [2.05, 4.69) is 10.6 Å². The number of amides is 2. The van der Waals surface area contributed by atoms with Gasteiger partial charge < -0.3 is 15.4 Å². The van der Waals surface area contributed by atoms with Crippen LogP contribution in [0.3, 0.4) is 0 Å². The lowest BCUT2D eigenvalue weighted by Crippen LogP contribution is -2.31. The third kappa shape index (κ3) is 5.85. The SMILES string of the molecule is Cc1cccc(NC(=O)COCC(=O)NC(C)c2ccccc2)c1. The summed E-state index contributed by atoms with van der Waals surface area (Å²) in [7, 11) is 0. The summed E-state index contributed by atoms with van der Waals surface area (Å²) in [4.78, 5) is 23.6. The van der Waals surface area contributed by atoms with Gasteiger partial charge in [-0.05, 0) is 37.1 Å². The number of anilines is 1. The van der Waals surface area contributed by atoms with Gasteiger partial charge in [-0.15, -0.1) is 0 Å². The van der Waals surface area contributed by atoms with Gasteiger partial charge in [-0.3, -0.25) is 9.59 Å². The molecule has 0 aliphatic rings. The lowest BCUT2D eigenvalue weighted by molar-refractivity contribution is -0.129. The van der Waals surface area contributed by atoms with Crippen molar-refractivity contribution in [2.45, 2.75) is 19.9 Å². The van der Waals surface area contributed by atoms with Crippen molar-refractivity contribution in [3.63, 3.8) is 0 Å². The molecule has 0 fully saturated rings. The normalized spacial score (nSPS) is 11.6. The summed E-state index contributed by atoms with van der Waals surface area (Å²) in [5.74, 6) is -0.542. The lowest BCUT2D eigenvalue weighted by atomic mass is 10.1. The highest BCUT2D eigenvalue weighted by Gasteiger charge is 2.10. The van der Waals surface area contributed by atoms with Crippen molar-refractivity contribution >= 4 is 17.5 Å². The monoisotopic (exact) mass is 326 g/mol. The van der Waals surface area contributed by atoms with Crippen LogP contribution in [0.4, 0.5) is 5.69 Å². The fourth-order valence-electron chi connectivity index (χ4n) is 2.26. The number of carbonyl (C=O) groups excluding carboxylic acids is 2. The molecule has 0 spiro atoms. The highest BCUT2D eigenvalue weighted by molar-refractivity contribution is 5.92. The Balaban J connectivity index is 1.69. The van der Waals surface area contributed by atoms with Crippen molar-refractivity contribution in [1.82, 2.24) is 5.32 Å². The maximum absolute atomic E-state index is 11.8. The number of nitrogens with one attached hydrogen (secondary N) is 2. The minimum atomic E-state index is -0.287. The standard InChI is InChI=1S/C19H22N2O3/c1-14-7-6-10-17(11-14)21-19(23)13-24-12-18(22)20-15(2)16-8-4-3-5-9-16/h3-11,15H,12-13H2,1-2H3,(H,20,22)(H,21,23). The van der Waals surface area contributed by atoms with E-state index >= 15 is 0 Å². The summed E-state index contributed by atoms with van der Waals surface area (Å²) >= 11 is 0. The van der Waals surface area contributed by atoms with Crippen LogP contribution < -0.4 is 10.6 Å². The van der Waals surface area contributed by atoms with E-state index in [0.29, 0.717) is 5.69 Å². The number of carbonyl (C=O) groups is 2. The second-order valence-electron chi connectivity index (χ2n) is 5.61. The number of ether oxygens (including phenoxy) is 1. The van der Waals surface area contributed by atoms with Gasteiger partial charge in [0.05, 0.1) is 6.04 Å². The van der Waals surface area contributed by atoms with Crippen LogP contribution in [0.5, 0.6) is 0 Å². The van der Waals surface area contributed by atoms with Crippen LogP contribution in [0.15, 0.2) is 54.6 Å². The average molecular weight is 326 g/mol. The molecule has 0 saturated heterocycles. The van der Waals surface area contributed by atoms with Gasteiger partial charge in [0.2, 0.25) is 11.8 Å². The number of benzene rings is 2. The topological polar surface area (TPSA) is 67.4 Å². The van der Waals surface area contributed by atoms with Gasteiger partial charge in [0.1, 0.15) is 13.2 Å². The predicted molar refractivity (Wildman–Crippen MR) is 93.6 cm³/mol. The zero-order chi connectivity index (χ0) is 17.4. The van der Waals surface area contributed by atoms with E-state index in [0.717, 1.165) is 11.1 Å². The molecule has 0 radical (unpaired) electrons. The van der Waals surface area contributed by atoms with Crippen LogP contribution >= 0.6 is 0 Å². The molecule has 0 saturated carbocycles. The predicted octanol–water partition coefficient (Wildman–Crippen LogP) is 2.83. The van der Waals surface area contributed by atoms with E-state index in [-0.39, 0.29) is 31.1 Å². The number of hydrogen-bond acceptors (Lipinski definition) is 3. The highest BCUT2D eigenvalue weighted by Crippen LogP contribution is 2.11. The third-order valence-corrected chi connectivity index (χ3v) is 3.45. The molecular weight excluding hydrogens is 304 g/mol. The lowest BCUT2D eigenvalue weighted by Gasteiger charge is -2.14. The Bertz CT molecular complexity index is 686. The van der Waals surface area contributed by atoms with Crippen LogP contribution in [-0.2, 0) is 14.3 Å². The Hall–Kier alpha value is -2.66. The van der Waals surface area contributed by atoms with Crippen molar-refractivity contribution in [2.24, 2.45) is 0 Å². The second-order valence-corrected chi connectivity index (χ2v) is 5.61. The third-order valence-electron chi connectivity index (χ3n) is 3.45. The van der Waals surface area contributed by atoms with E-state index < -0.39 is 0 Å². The molecular formula is C19H22N2O3. The van der Waals surface area contributed by atoms with Crippen molar-refractivity contribution in [1.29, 1.82) is 0 Å². The molecule has 1 unspecified atom stereocenters. The van der Waals surface area contributed by atoms with Crippen LogP contribution in [0.1, 0.15) is 24.1 Å². The number of rotatable bonds is 7. The number of aryl methyl sites for hydroxylation is 1. The molecule has 2 N–H and O–H groups in total. The first kappa shape index (κ1) is 17.7. The highest BCUT2D eigenvalue weighted by atomic mass is 16.5. The molecule has 5 nitrogen and oxygen atoms in total. The molecule has 2 aromatic carbocycles. The molecule has 0 aromatic heterocycles. The van der Waals surface area contributed by atoms with E-state index in [1.165, 1.54) is 0 Å². The molecule has 5 heteroatoms. The molecule has 2 aromatic rings. The van der Waals surface area contributed by atoms with Gasteiger partial charge in [-0.25, -0.2) is 0 Å². The van der Waals surface area contributed by atoms with Crippen molar-refractivity contribution in [3.05, 3.63) is 65.7 Å². The van der Waals surface area contributed by atoms with Crippen molar-refractivity contribution in [3.8, 4) is 0 Å². The van der Waals surface area contributed by atoms with Crippen molar-refractivity contribution < 1.29 is 14.3 Å². The number of hydrogen-bond donors (Lipinski definition) is 2.